The van der Waals surface area contributed by atoms with Crippen molar-refractivity contribution in [1.29, 1.82) is 0 Å². The van der Waals surface area contributed by atoms with Crippen molar-refractivity contribution in [2.45, 2.75) is 13.1 Å². The number of carbonyl (C=O) groups is 1. The standard InChI is InChI=1S/C15H18N4O3S/c1-23(21,22)19(11-14-4-2-3-7-17-14)12-15(20)18-10-13-5-8-16-9-6-13/h2-9H,10-12H2,1H3,(H,18,20). The number of carbonyl (C=O) groups excluding carboxylic acids is 1. The molecule has 0 saturated heterocycles. The fourth-order valence-corrected chi connectivity index (χ4v) is 2.60. The molecule has 0 fully saturated rings. The summed E-state index contributed by atoms with van der Waals surface area (Å²) in [5.74, 6) is -0.372. The Bertz CT molecular complexity index is 736. The maximum atomic E-state index is 12.0. The lowest BCUT2D eigenvalue weighted by Crippen LogP contribution is -2.39. The van der Waals surface area contributed by atoms with Crippen molar-refractivity contribution < 1.29 is 13.2 Å². The van der Waals surface area contributed by atoms with Crippen LogP contribution in [0, 0.1) is 0 Å². The number of sulfonamides is 1. The first-order valence-electron chi connectivity index (χ1n) is 6.96. The van der Waals surface area contributed by atoms with E-state index in [1.165, 1.54) is 0 Å². The molecule has 2 heterocycles. The van der Waals surface area contributed by atoms with Crippen molar-refractivity contribution in [2.75, 3.05) is 12.8 Å². The van der Waals surface area contributed by atoms with Crippen LogP contribution in [0.4, 0.5) is 0 Å². The predicted molar refractivity (Wildman–Crippen MR) is 85.6 cm³/mol. The number of aromatic nitrogens is 2. The highest BCUT2D eigenvalue weighted by Gasteiger charge is 2.20. The van der Waals surface area contributed by atoms with Gasteiger partial charge in [0.1, 0.15) is 0 Å². The second-order valence-corrected chi connectivity index (χ2v) is 6.97. The molecule has 0 aliphatic carbocycles. The Kier molecular flexibility index (Phi) is 5.78. The molecule has 122 valence electrons. The van der Waals surface area contributed by atoms with Gasteiger partial charge in [0, 0.05) is 25.1 Å². The van der Waals surface area contributed by atoms with Gasteiger partial charge in [0.15, 0.2) is 0 Å². The highest BCUT2D eigenvalue weighted by atomic mass is 32.2. The Balaban J connectivity index is 1.96. The number of rotatable bonds is 7. The van der Waals surface area contributed by atoms with Gasteiger partial charge in [0.2, 0.25) is 15.9 Å². The van der Waals surface area contributed by atoms with Gasteiger partial charge in [-0.15, -0.1) is 0 Å². The van der Waals surface area contributed by atoms with Gasteiger partial charge in [-0.25, -0.2) is 8.42 Å². The fraction of sp³-hybridized carbons (Fsp3) is 0.267. The Morgan fingerprint density at radius 3 is 2.52 bits per heavy atom. The average Bonchev–Trinajstić information content (AvgIpc) is 2.53. The van der Waals surface area contributed by atoms with Gasteiger partial charge in [-0.05, 0) is 29.8 Å². The van der Waals surface area contributed by atoms with Gasteiger partial charge in [0.25, 0.3) is 0 Å². The predicted octanol–water partition coefficient (Wildman–Crippen LogP) is 0.555. The van der Waals surface area contributed by atoms with Gasteiger partial charge in [-0.3, -0.25) is 14.8 Å². The van der Waals surface area contributed by atoms with E-state index in [0.29, 0.717) is 12.2 Å². The third-order valence-electron chi connectivity index (χ3n) is 3.09. The van der Waals surface area contributed by atoms with E-state index in [4.69, 9.17) is 0 Å². The van der Waals surface area contributed by atoms with Gasteiger partial charge in [-0.2, -0.15) is 4.31 Å². The van der Waals surface area contributed by atoms with Crippen LogP contribution in [-0.4, -0.2) is 41.4 Å². The van der Waals surface area contributed by atoms with Crippen LogP contribution < -0.4 is 5.32 Å². The number of hydrogen-bond donors (Lipinski definition) is 1. The molecule has 0 aliphatic heterocycles. The number of nitrogens with zero attached hydrogens (tertiary/aromatic N) is 3. The van der Waals surface area contributed by atoms with Gasteiger partial charge >= 0.3 is 0 Å². The number of pyridine rings is 2. The summed E-state index contributed by atoms with van der Waals surface area (Å²) >= 11 is 0. The molecule has 0 atom stereocenters. The molecule has 23 heavy (non-hydrogen) atoms. The molecular weight excluding hydrogens is 316 g/mol. The summed E-state index contributed by atoms with van der Waals surface area (Å²) < 4.78 is 24.8. The maximum absolute atomic E-state index is 12.0. The van der Waals surface area contributed by atoms with Crippen LogP contribution >= 0.6 is 0 Å². The molecule has 1 N–H and O–H groups in total. The van der Waals surface area contributed by atoms with E-state index in [2.05, 4.69) is 15.3 Å². The first-order valence-corrected chi connectivity index (χ1v) is 8.80. The first kappa shape index (κ1) is 17.0. The summed E-state index contributed by atoms with van der Waals surface area (Å²) in [4.78, 5) is 20.0. The molecule has 7 nitrogen and oxygen atoms in total. The molecule has 8 heteroatoms. The van der Waals surface area contributed by atoms with E-state index in [1.807, 2.05) is 0 Å². The average molecular weight is 334 g/mol. The van der Waals surface area contributed by atoms with Crippen molar-refractivity contribution in [3.63, 3.8) is 0 Å². The largest absolute Gasteiger partial charge is 0.351 e. The van der Waals surface area contributed by atoms with E-state index in [0.717, 1.165) is 16.1 Å². The Morgan fingerprint density at radius 1 is 1.17 bits per heavy atom. The monoisotopic (exact) mass is 334 g/mol. The van der Waals surface area contributed by atoms with Crippen molar-refractivity contribution >= 4 is 15.9 Å². The van der Waals surface area contributed by atoms with E-state index in [-0.39, 0.29) is 19.0 Å². The molecule has 0 spiro atoms. The van der Waals surface area contributed by atoms with Crippen molar-refractivity contribution in [2.24, 2.45) is 0 Å². The molecule has 0 aliphatic rings. The summed E-state index contributed by atoms with van der Waals surface area (Å²) in [5, 5.41) is 2.69. The third-order valence-corrected chi connectivity index (χ3v) is 4.29. The van der Waals surface area contributed by atoms with E-state index in [9.17, 15) is 13.2 Å². The molecule has 0 aromatic carbocycles. The van der Waals surface area contributed by atoms with Crippen LogP contribution in [0.2, 0.25) is 0 Å². The molecule has 1 amide bonds. The normalized spacial score (nSPS) is 11.4. The number of amides is 1. The van der Waals surface area contributed by atoms with Crippen molar-refractivity contribution in [3.8, 4) is 0 Å². The summed E-state index contributed by atoms with van der Waals surface area (Å²) in [6.45, 7) is 0.130. The lowest BCUT2D eigenvalue weighted by molar-refractivity contribution is -0.121. The summed E-state index contributed by atoms with van der Waals surface area (Å²) in [6.07, 6.45) is 5.92. The molecule has 0 radical (unpaired) electrons. The zero-order chi connectivity index (χ0) is 16.7. The number of nitrogens with one attached hydrogen (secondary N) is 1. The summed E-state index contributed by atoms with van der Waals surface area (Å²) in [6, 6.07) is 8.79. The smallest absolute Gasteiger partial charge is 0.235 e. The second-order valence-electron chi connectivity index (χ2n) is 4.98. The first-order chi connectivity index (χ1) is 10.9. The van der Waals surface area contributed by atoms with Crippen LogP contribution in [0.3, 0.4) is 0 Å². The van der Waals surface area contributed by atoms with Gasteiger partial charge in [-0.1, -0.05) is 6.07 Å². The molecule has 0 bridgehead atoms. The SMILES string of the molecule is CS(=O)(=O)N(CC(=O)NCc1ccncc1)Cc1ccccn1. The van der Waals surface area contributed by atoms with E-state index < -0.39 is 10.0 Å². The summed E-state index contributed by atoms with van der Waals surface area (Å²) in [7, 11) is -3.52. The van der Waals surface area contributed by atoms with Crippen LogP contribution in [0.1, 0.15) is 11.3 Å². The van der Waals surface area contributed by atoms with Crippen molar-refractivity contribution in [3.05, 3.63) is 60.2 Å². The quantitative estimate of drug-likeness (QED) is 0.798. The molecular formula is C15H18N4O3S. The minimum atomic E-state index is -3.52. The zero-order valence-corrected chi connectivity index (χ0v) is 13.5. The van der Waals surface area contributed by atoms with Crippen molar-refractivity contribution in [1.82, 2.24) is 19.6 Å². The van der Waals surface area contributed by atoms with Crippen LogP contribution in [0.25, 0.3) is 0 Å². The number of hydrogen-bond acceptors (Lipinski definition) is 5. The Hall–Kier alpha value is -2.32. The molecule has 2 aromatic rings. The Labute approximate surface area is 135 Å². The lowest BCUT2D eigenvalue weighted by atomic mass is 10.3. The molecule has 2 aromatic heterocycles. The van der Waals surface area contributed by atoms with Gasteiger partial charge in [0.05, 0.1) is 25.0 Å². The van der Waals surface area contributed by atoms with Gasteiger partial charge < -0.3 is 5.32 Å². The minimum absolute atomic E-state index is 0.0579. The topological polar surface area (TPSA) is 92.3 Å². The zero-order valence-electron chi connectivity index (χ0n) is 12.7. The fourth-order valence-electron chi connectivity index (χ4n) is 1.88. The maximum Gasteiger partial charge on any atom is 0.235 e. The highest BCUT2D eigenvalue weighted by Crippen LogP contribution is 2.06. The van der Waals surface area contributed by atoms with E-state index in [1.54, 1.807) is 48.9 Å². The van der Waals surface area contributed by atoms with E-state index >= 15 is 0 Å². The van der Waals surface area contributed by atoms with Crippen LogP contribution in [0.5, 0.6) is 0 Å². The summed E-state index contributed by atoms with van der Waals surface area (Å²) in [5.41, 5.74) is 1.48. The molecule has 0 saturated carbocycles. The second kappa shape index (κ2) is 7.80. The Morgan fingerprint density at radius 2 is 1.91 bits per heavy atom. The molecule has 0 unspecified atom stereocenters. The highest BCUT2D eigenvalue weighted by molar-refractivity contribution is 7.88. The van der Waals surface area contributed by atoms with Crippen LogP contribution in [0.15, 0.2) is 48.9 Å². The third kappa shape index (κ3) is 5.76. The lowest BCUT2D eigenvalue weighted by Gasteiger charge is -2.19. The van der Waals surface area contributed by atoms with Crippen LogP contribution in [-0.2, 0) is 27.9 Å². The minimum Gasteiger partial charge on any atom is -0.351 e. The molecule has 2 rings (SSSR count).